The minimum absolute atomic E-state index is 0.388. The number of para-hydroxylation sites is 5. The Hall–Kier alpha value is -16.5. The minimum atomic E-state index is 0.388. The van der Waals surface area contributed by atoms with Crippen molar-refractivity contribution in [2.45, 2.75) is 43.9 Å². The topological polar surface area (TPSA) is 24.5 Å². The first-order chi connectivity index (χ1) is 66.4. The zero-order chi connectivity index (χ0) is 88.3. The molecule has 4 saturated carbocycles. The Morgan fingerprint density at radius 1 is 0.187 bits per heavy atom. The Morgan fingerprint density at radius 3 is 0.948 bits per heavy atom. The van der Waals surface area contributed by atoms with E-state index < -0.39 is 0 Å². The van der Waals surface area contributed by atoms with Gasteiger partial charge < -0.3 is 28.4 Å². The van der Waals surface area contributed by atoms with Crippen molar-refractivity contribution in [1.82, 2.24) is 13.7 Å². The lowest BCUT2D eigenvalue weighted by Crippen LogP contribution is -2.48. The summed E-state index contributed by atoms with van der Waals surface area (Å²) in [4.78, 5) is 7.27. The number of hydrogen-bond acceptors (Lipinski definition) is 3. The van der Waals surface area contributed by atoms with Gasteiger partial charge in [0.1, 0.15) is 0 Å². The van der Waals surface area contributed by atoms with E-state index in [9.17, 15) is 0 Å². The highest BCUT2D eigenvalue weighted by molar-refractivity contribution is 6.26. The van der Waals surface area contributed by atoms with Crippen LogP contribution in [-0.4, -0.2) is 13.7 Å². The Bertz CT molecular complexity index is 8760. The number of rotatable bonds is 13. The average Bonchev–Trinajstić information content (AvgIpc) is 1.60. The van der Waals surface area contributed by atoms with Crippen molar-refractivity contribution < 1.29 is 0 Å². The van der Waals surface area contributed by atoms with Crippen molar-refractivity contribution in [2.24, 2.45) is 17.8 Å². The Kier molecular flexibility index (Phi) is 19.1. The lowest BCUT2D eigenvalue weighted by molar-refractivity contribution is -0.00518. The molecular formula is C128H94N6. The largest absolute Gasteiger partial charge is 0.310 e. The van der Waals surface area contributed by atoms with Gasteiger partial charge in [-0.15, -0.1) is 0 Å². The highest BCUT2D eigenvalue weighted by Gasteiger charge is 2.51. The van der Waals surface area contributed by atoms with Gasteiger partial charge in [0.2, 0.25) is 0 Å². The molecule has 22 aromatic carbocycles. The summed E-state index contributed by atoms with van der Waals surface area (Å²) in [6, 6.07) is 175. The van der Waals surface area contributed by atoms with Crippen molar-refractivity contribution in [3.8, 4) is 17.1 Å². The predicted octanol–water partition coefficient (Wildman–Crippen LogP) is 35.3. The number of hydrogen-bond donors (Lipinski definition) is 0. The number of benzene rings is 22. The summed E-state index contributed by atoms with van der Waals surface area (Å²) >= 11 is 0. The van der Waals surface area contributed by atoms with E-state index in [0.29, 0.717) is 5.41 Å². The Balaban J connectivity index is 0.000000106. The van der Waals surface area contributed by atoms with Gasteiger partial charge in [-0.1, -0.05) is 315 Å². The van der Waals surface area contributed by atoms with Crippen molar-refractivity contribution in [1.29, 1.82) is 0 Å². The van der Waals surface area contributed by atoms with Crippen LogP contribution in [0.5, 0.6) is 0 Å². The van der Waals surface area contributed by atoms with Crippen LogP contribution in [0.1, 0.15) is 44.1 Å². The van der Waals surface area contributed by atoms with E-state index >= 15 is 0 Å². The number of fused-ring (bicyclic) bond motifs is 19. The highest BCUT2D eigenvalue weighted by Crippen LogP contribution is 2.61. The van der Waals surface area contributed by atoms with Gasteiger partial charge in [-0.25, -0.2) is 0 Å². The summed E-state index contributed by atoms with van der Waals surface area (Å²) in [7, 11) is 0. The molecule has 134 heavy (non-hydrogen) atoms. The second-order valence-electron chi connectivity index (χ2n) is 37.3. The summed E-state index contributed by atoms with van der Waals surface area (Å²) < 4.78 is 7.29. The maximum Gasteiger partial charge on any atom is 0.0782 e. The van der Waals surface area contributed by atoms with E-state index in [0.717, 1.165) is 57.6 Å². The van der Waals surface area contributed by atoms with E-state index in [1.54, 1.807) is 5.56 Å². The molecule has 4 aliphatic rings. The normalized spacial score (nSPS) is 15.7. The van der Waals surface area contributed by atoms with Crippen LogP contribution < -0.4 is 14.7 Å². The number of nitrogens with zero attached hydrogens (tertiary/aromatic N) is 6. The van der Waals surface area contributed by atoms with Gasteiger partial charge in [0, 0.05) is 94.9 Å². The molecule has 3 heterocycles. The van der Waals surface area contributed by atoms with Gasteiger partial charge in [-0.2, -0.15) is 0 Å². The molecular weight excluding hydrogens is 1620 g/mol. The standard InChI is InChI=1S/C48H40N2.C42H28N2.C38H26N2/c1-2-11-39(12-3-1)50-45-23-15-36-9-6-7-13-43(36)47(45)44-22-21-42(28-46(44)50)49(41-18-14-35-8-4-5-10-37(35)27-41)40-19-16-38(17-20-40)48-29-32-24-33(30-48)26-34(25-32)31-48;1-2-16-34(17-3-1)44-39-26-23-31-13-8-9-18-37(31)41(39)38-19-10-20-40(42(38)44)43(35-24-21-29-11-4-6-14-32(29)27-35)36-25-22-30-12-5-7-15-33(30)28-36;1-3-14-30(15-4-1)39(32-21-19-27-11-7-8-13-29(27)25-32)33-22-24-36-35(26-33)38-34-18-10-9-12-28(34)20-23-37(38)40(36)31-16-5-2-6-17-31/h1-23,27-28,32-34H,24-26,29-31H2;1-28H;1-26H. The molecule has 4 fully saturated rings. The minimum Gasteiger partial charge on any atom is -0.310 e. The van der Waals surface area contributed by atoms with Crippen LogP contribution >= 0.6 is 0 Å². The third-order valence-corrected chi connectivity index (χ3v) is 29.5. The third-order valence-electron chi connectivity index (χ3n) is 29.5. The first-order valence-electron chi connectivity index (χ1n) is 47.4. The zero-order valence-corrected chi connectivity index (χ0v) is 74.3. The van der Waals surface area contributed by atoms with Crippen LogP contribution in [0.4, 0.5) is 51.2 Å². The number of anilines is 9. The molecule has 4 bridgehead atoms. The molecule has 0 spiro atoms. The molecule has 3 aromatic heterocycles. The maximum atomic E-state index is 2.49. The third kappa shape index (κ3) is 13.5. The van der Waals surface area contributed by atoms with Gasteiger partial charge in [0.15, 0.2) is 0 Å². The van der Waals surface area contributed by atoms with E-state index in [2.05, 4.69) is 508 Å². The van der Waals surface area contributed by atoms with Crippen molar-refractivity contribution >= 4 is 192 Å². The lowest BCUT2D eigenvalue weighted by Gasteiger charge is -2.57. The maximum absolute atomic E-state index is 2.49. The number of aromatic nitrogens is 3. The SMILES string of the molecule is c1ccc(-n2c3cc(N(c4ccc(C56CC7CC(CC(C7)C5)C6)cc4)c4ccc5ccccc5c4)ccc3c3c4ccccc4ccc32)cc1.c1ccc(-n2c3ccc4ccccc4c3c3cccc(N(c4ccc5ccccc5c4)c4ccc5ccccc5c4)c32)cc1.c1ccc(N(c2ccc3ccccc3c2)c2ccc3c(c2)c2c4ccccc4ccc2n3-c2ccccc2)cc1. The smallest absolute Gasteiger partial charge is 0.0782 e. The van der Waals surface area contributed by atoms with Gasteiger partial charge in [0.25, 0.3) is 0 Å². The van der Waals surface area contributed by atoms with Crippen molar-refractivity contribution in [2.75, 3.05) is 14.7 Å². The summed E-state index contributed by atoms with van der Waals surface area (Å²) in [5, 5.41) is 25.1. The van der Waals surface area contributed by atoms with E-state index in [-0.39, 0.29) is 0 Å². The fraction of sp³-hybridized carbons (Fsp3) is 0.0781. The molecule has 0 radical (unpaired) electrons. The van der Waals surface area contributed by atoms with Gasteiger partial charge in [-0.05, 0) is 306 Å². The highest BCUT2D eigenvalue weighted by atomic mass is 15.2. The summed E-state index contributed by atoms with van der Waals surface area (Å²) in [5.41, 5.74) is 23.1. The summed E-state index contributed by atoms with van der Waals surface area (Å²) in [5.74, 6) is 2.82. The molecule has 0 N–H and O–H groups in total. The molecule has 6 nitrogen and oxygen atoms in total. The average molecular weight is 1720 g/mol. The Morgan fingerprint density at radius 2 is 0.493 bits per heavy atom. The molecule has 636 valence electrons. The van der Waals surface area contributed by atoms with E-state index in [4.69, 9.17) is 0 Å². The van der Waals surface area contributed by atoms with Crippen molar-refractivity contribution in [3.05, 3.63) is 485 Å². The van der Waals surface area contributed by atoms with Crippen LogP contribution in [0.2, 0.25) is 0 Å². The van der Waals surface area contributed by atoms with Crippen LogP contribution in [0, 0.1) is 17.8 Å². The van der Waals surface area contributed by atoms with Gasteiger partial charge in [0.05, 0.1) is 38.8 Å². The van der Waals surface area contributed by atoms with Crippen LogP contribution in [-0.2, 0) is 5.41 Å². The van der Waals surface area contributed by atoms with Crippen LogP contribution in [0.15, 0.2) is 479 Å². The molecule has 0 atom stereocenters. The van der Waals surface area contributed by atoms with E-state index in [1.165, 1.54) is 208 Å². The van der Waals surface area contributed by atoms with Crippen LogP contribution in [0.3, 0.4) is 0 Å². The molecule has 25 aromatic rings. The zero-order valence-electron chi connectivity index (χ0n) is 74.3. The van der Waals surface area contributed by atoms with Gasteiger partial charge in [-0.3, -0.25) is 0 Å². The fourth-order valence-electron chi connectivity index (χ4n) is 24.0. The monoisotopic (exact) mass is 1710 g/mol. The molecule has 0 unspecified atom stereocenters. The molecule has 0 saturated heterocycles. The van der Waals surface area contributed by atoms with Crippen LogP contribution in [0.25, 0.3) is 158 Å². The predicted molar refractivity (Wildman–Crippen MR) is 569 cm³/mol. The molecule has 29 rings (SSSR count). The van der Waals surface area contributed by atoms with E-state index in [1.807, 2.05) is 0 Å². The quantitative estimate of drug-likeness (QED) is 0.115. The first kappa shape index (κ1) is 78.5. The molecule has 4 aliphatic carbocycles. The molecule has 0 aliphatic heterocycles. The molecule has 0 amide bonds. The first-order valence-corrected chi connectivity index (χ1v) is 47.4. The fourth-order valence-corrected chi connectivity index (χ4v) is 24.0. The molecule has 6 heteroatoms. The van der Waals surface area contributed by atoms with Gasteiger partial charge >= 0.3 is 0 Å². The second kappa shape index (κ2) is 32.5. The second-order valence-corrected chi connectivity index (χ2v) is 37.3. The summed E-state index contributed by atoms with van der Waals surface area (Å²) in [6.07, 6.45) is 8.60. The lowest BCUT2D eigenvalue weighted by atomic mass is 9.48. The summed E-state index contributed by atoms with van der Waals surface area (Å²) in [6.45, 7) is 0. The van der Waals surface area contributed by atoms with Crippen molar-refractivity contribution in [3.63, 3.8) is 0 Å². The Labute approximate surface area is 778 Å².